The highest BCUT2D eigenvalue weighted by Crippen LogP contribution is 2.42. The second-order valence-corrected chi connectivity index (χ2v) is 27.3. The van der Waals surface area contributed by atoms with Crippen molar-refractivity contribution in [3.05, 3.63) is 111 Å². The first-order chi connectivity index (χ1) is 44.1. The first kappa shape index (κ1) is 71.9. The molecule has 0 aliphatic carbocycles. The van der Waals surface area contributed by atoms with E-state index in [2.05, 4.69) is 48.4 Å². The molecule has 6 amide bonds. The number of nitrogens with one attached hydrogen (secondary N) is 5. The molecule has 3 aromatic heterocycles. The Hall–Kier alpha value is -8.49. The largest absolute Gasteiger partial charge is 0.510 e. The maximum absolute atomic E-state index is 14.4. The minimum absolute atomic E-state index is 0.0707. The number of esters is 1. The van der Waals surface area contributed by atoms with Crippen LogP contribution >= 0.6 is 11.8 Å². The number of primary amides is 1. The number of rotatable bonds is 32. The smallest absolute Gasteiger partial charge is 0.457 e. The maximum atomic E-state index is 14.4. The molecule has 7 rings (SSSR count). The zero-order chi connectivity index (χ0) is 67.7. The Morgan fingerprint density at radius 2 is 1.57 bits per heavy atom. The van der Waals surface area contributed by atoms with Crippen molar-refractivity contribution >= 4 is 80.2 Å². The molecule has 0 spiro atoms. The third-order valence-electron chi connectivity index (χ3n) is 15.5. The monoisotopic (exact) mass is 1320 g/mol. The van der Waals surface area contributed by atoms with Crippen molar-refractivity contribution in [1.82, 2.24) is 45.1 Å². The normalized spacial score (nSPS) is 14.6. The molecular formula is C65H83N11O15S2. The van der Waals surface area contributed by atoms with Gasteiger partial charge in [-0.25, -0.2) is 37.8 Å². The Kier molecular flexibility index (Phi) is 25.0. The number of urea groups is 1. The van der Waals surface area contributed by atoms with Crippen molar-refractivity contribution in [2.75, 3.05) is 70.4 Å². The molecule has 0 unspecified atom stereocenters. The number of hydrogen-bond donors (Lipinski definition) is 6. The third-order valence-corrected chi connectivity index (χ3v) is 17.5. The van der Waals surface area contributed by atoms with E-state index in [1.54, 1.807) is 51.4 Å². The number of carbonyl (C=O) groups excluding carboxylic acids is 7. The number of sulfonamides is 1. The Bertz CT molecular complexity index is 3790. The summed E-state index contributed by atoms with van der Waals surface area (Å²) in [4.78, 5) is 119. The summed E-state index contributed by atoms with van der Waals surface area (Å²) in [7, 11) is -3.55. The summed E-state index contributed by atoms with van der Waals surface area (Å²) in [5.41, 5.74) is 6.54. The van der Waals surface area contributed by atoms with Crippen LogP contribution in [0.1, 0.15) is 120 Å². The fourth-order valence-electron chi connectivity index (χ4n) is 10.6. The van der Waals surface area contributed by atoms with Crippen LogP contribution in [0, 0.1) is 22.7 Å². The summed E-state index contributed by atoms with van der Waals surface area (Å²) in [5.74, 6) is 3.29. The number of benzene rings is 2. The maximum Gasteiger partial charge on any atom is 0.510 e. The quantitative estimate of drug-likeness (QED) is 0.00987. The van der Waals surface area contributed by atoms with Gasteiger partial charge in [-0.3, -0.25) is 24.0 Å². The standard InChI is InChI=1S/C65H83N11O15S2/c1-10-65(49-29-52-56-47(32-75(52)58(81)48(49)34-89-59(65)82)45(46-18-14-15-19-50(46)74-56)26-28-76(41(2)3)93(9,85)86)91-62(84)90-33-42-22-24-44(25-23-42)72-57(80)51(20-16-27-67-60(66)83)73-55(79)36-87-35-54(78)71-38-64(6,7)40-88-39-63(4,5)37-70-53(77)21-13-11-12-17-43-30-68-61(92-8)69-31-43/h14-15,18-19,22-25,29-31,41,51H,10-11,13,16,20-21,26-28,32-40H2,1-9H3,(H,70,77)(H,71,78)(H,72,80)(H,73,79)(H3,66,67,83)/t51-,65-/m0/s1. The van der Waals surface area contributed by atoms with Crippen LogP contribution < -0.4 is 37.9 Å². The number of carbonyl (C=O) groups is 7. The molecule has 5 heterocycles. The second kappa shape index (κ2) is 32.4. The fraction of sp³-hybridized carbons (Fsp3) is 0.492. The Morgan fingerprint density at radius 1 is 0.892 bits per heavy atom. The molecule has 0 saturated carbocycles. The van der Waals surface area contributed by atoms with Crippen molar-refractivity contribution in [2.24, 2.45) is 16.6 Å². The number of aromatic nitrogens is 4. The average molecular weight is 1320 g/mol. The number of ether oxygens (including phenoxy) is 5. The van der Waals surface area contributed by atoms with E-state index < -0.39 is 81.7 Å². The molecule has 93 heavy (non-hydrogen) atoms. The van der Waals surface area contributed by atoms with Crippen LogP contribution in [0.4, 0.5) is 15.3 Å². The van der Waals surface area contributed by atoms with Crippen LogP contribution in [0.3, 0.4) is 0 Å². The minimum Gasteiger partial charge on any atom is -0.457 e. The summed E-state index contributed by atoms with van der Waals surface area (Å²) in [6.07, 6.45) is 7.19. The van der Waals surface area contributed by atoms with Crippen LogP contribution in [0.25, 0.3) is 22.3 Å². The molecule has 0 saturated heterocycles. The number of hydrogen-bond acceptors (Lipinski definition) is 19. The second-order valence-electron chi connectivity index (χ2n) is 24.6. The van der Waals surface area contributed by atoms with Gasteiger partial charge < -0.3 is 60.6 Å². The van der Waals surface area contributed by atoms with Gasteiger partial charge in [-0.2, -0.15) is 4.31 Å². The topological polar surface area (TPSA) is 350 Å². The van der Waals surface area contributed by atoms with E-state index in [-0.39, 0.29) is 87.1 Å². The molecule has 26 nitrogen and oxygen atoms in total. The molecule has 2 aliphatic rings. The number of unbranched alkanes of at least 4 members (excludes halogenated alkanes) is 1. The summed E-state index contributed by atoms with van der Waals surface area (Å²) in [6, 6.07) is 13.0. The van der Waals surface area contributed by atoms with E-state index in [1.165, 1.54) is 39.0 Å². The lowest BCUT2D eigenvalue weighted by Crippen LogP contribution is -2.47. The molecule has 5 aromatic rings. The van der Waals surface area contributed by atoms with Crippen LogP contribution in [0.5, 0.6) is 0 Å². The van der Waals surface area contributed by atoms with Crippen molar-refractivity contribution in [2.45, 2.75) is 136 Å². The highest BCUT2D eigenvalue weighted by molar-refractivity contribution is 7.98. The Balaban J connectivity index is 0.871. The van der Waals surface area contributed by atoms with E-state index in [4.69, 9.17) is 34.4 Å². The van der Waals surface area contributed by atoms with E-state index in [9.17, 15) is 46.8 Å². The summed E-state index contributed by atoms with van der Waals surface area (Å²) >= 11 is 1.45. The number of anilines is 1. The number of para-hydroxylation sites is 1. The van der Waals surface area contributed by atoms with E-state index in [0.29, 0.717) is 78.8 Å². The van der Waals surface area contributed by atoms with Crippen LogP contribution in [0.2, 0.25) is 0 Å². The molecule has 28 heteroatoms. The van der Waals surface area contributed by atoms with Gasteiger partial charge in [0.15, 0.2) is 5.16 Å². The number of pyridine rings is 2. The lowest BCUT2D eigenvalue weighted by Gasteiger charge is -2.35. The zero-order valence-corrected chi connectivity index (χ0v) is 55.6. The van der Waals surface area contributed by atoms with Crippen molar-refractivity contribution < 1.29 is 65.7 Å². The lowest BCUT2D eigenvalue weighted by atomic mass is 9.85. The van der Waals surface area contributed by atoms with Gasteiger partial charge in [0.2, 0.25) is 39.3 Å². The third kappa shape index (κ3) is 20.0. The molecule has 2 atom stereocenters. The molecule has 0 fully saturated rings. The van der Waals surface area contributed by atoms with Crippen LogP contribution in [-0.4, -0.2) is 151 Å². The van der Waals surface area contributed by atoms with Gasteiger partial charge in [-0.1, -0.05) is 88.6 Å². The Morgan fingerprint density at radius 3 is 2.23 bits per heavy atom. The molecule has 2 aliphatic heterocycles. The number of nitrogens with two attached hydrogens (primary N) is 1. The van der Waals surface area contributed by atoms with Gasteiger partial charge in [-0.15, -0.1) is 0 Å². The average Bonchev–Trinajstić information content (AvgIpc) is 1.64. The zero-order valence-electron chi connectivity index (χ0n) is 54.0. The van der Waals surface area contributed by atoms with Gasteiger partial charge in [0.1, 0.15) is 32.5 Å². The highest BCUT2D eigenvalue weighted by Gasteiger charge is 2.51. The van der Waals surface area contributed by atoms with Crippen LogP contribution in [-0.2, 0) is 89.5 Å². The molecule has 7 N–H and O–H groups in total. The SMILES string of the molecule is CC[C@@]1(OC(=O)OCc2ccc(NC(=O)[C@H](CCCNC(N)=O)NC(=O)COCC(=O)NCC(C)(C)COCC(C)(C)CNC(=O)CCCC#Cc3cnc(SC)nc3)cc2)C(=O)OCc2c1cc1n(c2=O)Cc2c-1nc1ccccc1c2CCN(C(C)C)S(C)(=O)=O. The first-order valence-corrected chi connectivity index (χ1v) is 33.6. The van der Waals surface area contributed by atoms with Gasteiger partial charge in [0.25, 0.3) is 5.56 Å². The number of nitrogens with zero attached hydrogens (tertiary/aromatic N) is 5. The predicted molar refractivity (Wildman–Crippen MR) is 348 cm³/mol. The molecule has 0 radical (unpaired) electrons. The summed E-state index contributed by atoms with van der Waals surface area (Å²) in [6.45, 7) is 13.0. The minimum atomic E-state index is -3.55. The highest BCUT2D eigenvalue weighted by atomic mass is 32.2. The lowest BCUT2D eigenvalue weighted by molar-refractivity contribution is -0.175. The molecule has 2 aromatic carbocycles. The molecular weight excluding hydrogens is 1240 g/mol. The van der Waals surface area contributed by atoms with Crippen LogP contribution in [0.15, 0.2) is 76.9 Å². The fourth-order valence-corrected chi connectivity index (χ4v) is 12.1. The van der Waals surface area contributed by atoms with Crippen molar-refractivity contribution in [1.29, 1.82) is 0 Å². The number of cyclic esters (lactones) is 1. The van der Waals surface area contributed by atoms with Gasteiger partial charge in [0.05, 0.1) is 54.0 Å². The number of amides is 6. The summed E-state index contributed by atoms with van der Waals surface area (Å²) < 4.78 is 56.8. The molecule has 500 valence electrons. The summed E-state index contributed by atoms with van der Waals surface area (Å²) in [5, 5.41) is 15.1. The Labute approximate surface area is 545 Å². The van der Waals surface area contributed by atoms with Crippen molar-refractivity contribution in [3.63, 3.8) is 0 Å². The van der Waals surface area contributed by atoms with E-state index in [1.807, 2.05) is 58.2 Å². The van der Waals surface area contributed by atoms with Gasteiger partial charge >= 0.3 is 18.2 Å². The van der Waals surface area contributed by atoms with E-state index >= 15 is 0 Å². The van der Waals surface area contributed by atoms with Crippen molar-refractivity contribution in [3.8, 4) is 23.2 Å². The van der Waals surface area contributed by atoms with Gasteiger partial charge in [-0.05, 0) is 87.6 Å². The molecule has 0 bridgehead atoms. The number of thioether (sulfide) groups is 1. The van der Waals surface area contributed by atoms with E-state index in [0.717, 1.165) is 22.1 Å². The first-order valence-electron chi connectivity index (χ1n) is 30.6. The predicted octanol–water partition coefficient (Wildman–Crippen LogP) is 5.58. The van der Waals surface area contributed by atoms with Gasteiger partial charge in [0, 0.05) is 90.5 Å². The number of fused-ring (bicyclic) bond motifs is 5.